The van der Waals surface area contributed by atoms with Gasteiger partial charge in [-0.15, -0.1) is 0 Å². The SMILES string of the molecule is CCOc1ccc(N(CC(=O)N(Cc2ccc(Cl)cc2)[C@@H](C)C(=O)NC)S(=O)(=O)c2ccccc2)cc1. The molecule has 3 aromatic carbocycles. The molecule has 0 fully saturated rings. The Labute approximate surface area is 222 Å². The highest BCUT2D eigenvalue weighted by atomic mass is 35.5. The Balaban J connectivity index is 2.01. The molecule has 1 atom stereocenters. The van der Waals surface area contributed by atoms with Crippen LogP contribution in [0.5, 0.6) is 5.75 Å². The number of benzene rings is 3. The molecule has 10 heteroatoms. The van der Waals surface area contributed by atoms with Crippen LogP contribution in [-0.2, 0) is 26.2 Å². The van der Waals surface area contributed by atoms with Gasteiger partial charge in [-0.3, -0.25) is 13.9 Å². The van der Waals surface area contributed by atoms with Crippen molar-refractivity contribution in [1.29, 1.82) is 0 Å². The fourth-order valence-electron chi connectivity index (χ4n) is 3.70. The molecule has 3 aromatic rings. The molecule has 0 aliphatic rings. The van der Waals surface area contributed by atoms with Crippen LogP contribution in [0, 0.1) is 0 Å². The quantitative estimate of drug-likeness (QED) is 0.393. The van der Waals surface area contributed by atoms with E-state index >= 15 is 0 Å². The van der Waals surface area contributed by atoms with E-state index in [0.29, 0.717) is 23.1 Å². The maximum atomic E-state index is 13.7. The van der Waals surface area contributed by atoms with Crippen LogP contribution in [0.4, 0.5) is 5.69 Å². The number of anilines is 1. The Kier molecular flexibility index (Phi) is 9.54. The summed E-state index contributed by atoms with van der Waals surface area (Å²) in [5, 5.41) is 3.09. The van der Waals surface area contributed by atoms with Crippen LogP contribution in [0.15, 0.2) is 83.8 Å². The number of likely N-dealkylation sites (N-methyl/N-ethyl adjacent to an activating group) is 1. The minimum atomic E-state index is -4.11. The van der Waals surface area contributed by atoms with Gasteiger partial charge in [0.2, 0.25) is 11.8 Å². The number of amides is 2. The van der Waals surface area contributed by atoms with E-state index < -0.39 is 28.5 Å². The van der Waals surface area contributed by atoms with Gasteiger partial charge < -0.3 is 15.0 Å². The molecule has 196 valence electrons. The first-order chi connectivity index (χ1) is 17.7. The molecule has 0 saturated carbocycles. The minimum Gasteiger partial charge on any atom is -0.494 e. The van der Waals surface area contributed by atoms with E-state index in [1.165, 1.54) is 24.1 Å². The van der Waals surface area contributed by atoms with Crippen LogP contribution in [0.1, 0.15) is 19.4 Å². The molecule has 0 aliphatic heterocycles. The molecule has 0 aromatic heterocycles. The number of hydrogen-bond donors (Lipinski definition) is 1. The number of carbonyl (C=O) groups is 2. The molecule has 0 bridgehead atoms. The molecule has 8 nitrogen and oxygen atoms in total. The van der Waals surface area contributed by atoms with Gasteiger partial charge >= 0.3 is 0 Å². The zero-order valence-electron chi connectivity index (χ0n) is 20.9. The van der Waals surface area contributed by atoms with Gasteiger partial charge in [0.25, 0.3) is 10.0 Å². The summed E-state index contributed by atoms with van der Waals surface area (Å²) in [6, 6.07) is 20.4. The van der Waals surface area contributed by atoms with Crippen molar-refractivity contribution in [1.82, 2.24) is 10.2 Å². The zero-order valence-corrected chi connectivity index (χ0v) is 22.5. The van der Waals surface area contributed by atoms with E-state index in [0.717, 1.165) is 9.87 Å². The highest BCUT2D eigenvalue weighted by Gasteiger charge is 2.32. The third kappa shape index (κ3) is 7.02. The number of rotatable bonds is 11. The first kappa shape index (κ1) is 28.0. The Hall–Kier alpha value is -3.56. The lowest BCUT2D eigenvalue weighted by atomic mass is 10.1. The average molecular weight is 544 g/mol. The molecule has 2 amide bonds. The molecular weight excluding hydrogens is 514 g/mol. The number of carbonyl (C=O) groups excluding carboxylic acids is 2. The predicted molar refractivity (Wildman–Crippen MR) is 144 cm³/mol. The highest BCUT2D eigenvalue weighted by molar-refractivity contribution is 7.92. The van der Waals surface area contributed by atoms with Gasteiger partial charge in [0.15, 0.2) is 0 Å². The second-order valence-electron chi connectivity index (χ2n) is 8.19. The lowest BCUT2D eigenvalue weighted by molar-refractivity contribution is -0.139. The average Bonchev–Trinajstić information content (AvgIpc) is 2.91. The molecule has 0 aliphatic carbocycles. The van der Waals surface area contributed by atoms with Gasteiger partial charge in [0, 0.05) is 18.6 Å². The van der Waals surface area contributed by atoms with E-state index in [4.69, 9.17) is 16.3 Å². The normalized spacial score (nSPS) is 11.9. The minimum absolute atomic E-state index is 0.0419. The van der Waals surface area contributed by atoms with Crippen molar-refractivity contribution in [3.05, 3.63) is 89.4 Å². The third-order valence-corrected chi connectivity index (χ3v) is 7.77. The molecule has 0 unspecified atom stereocenters. The summed E-state index contributed by atoms with van der Waals surface area (Å²) in [6.07, 6.45) is 0. The number of halogens is 1. The van der Waals surface area contributed by atoms with Gasteiger partial charge in [-0.25, -0.2) is 8.42 Å². The Morgan fingerprint density at radius 2 is 1.59 bits per heavy atom. The summed E-state index contributed by atoms with van der Waals surface area (Å²) in [5.41, 5.74) is 1.03. The highest BCUT2D eigenvalue weighted by Crippen LogP contribution is 2.26. The van der Waals surface area contributed by atoms with Crippen LogP contribution in [0.3, 0.4) is 0 Å². The van der Waals surface area contributed by atoms with E-state index in [-0.39, 0.29) is 17.3 Å². The molecule has 1 N–H and O–H groups in total. The van der Waals surface area contributed by atoms with Crippen molar-refractivity contribution in [3.8, 4) is 5.75 Å². The van der Waals surface area contributed by atoms with Crippen molar-refractivity contribution in [2.75, 3.05) is 24.5 Å². The van der Waals surface area contributed by atoms with E-state index in [1.807, 2.05) is 6.92 Å². The van der Waals surface area contributed by atoms with E-state index in [2.05, 4.69) is 5.32 Å². The van der Waals surface area contributed by atoms with E-state index in [9.17, 15) is 18.0 Å². The maximum Gasteiger partial charge on any atom is 0.264 e. The number of hydrogen-bond acceptors (Lipinski definition) is 5. The van der Waals surface area contributed by atoms with E-state index in [1.54, 1.807) is 73.7 Å². The smallest absolute Gasteiger partial charge is 0.264 e. The summed E-state index contributed by atoms with van der Waals surface area (Å²) in [4.78, 5) is 27.6. The van der Waals surface area contributed by atoms with Crippen molar-refractivity contribution in [2.45, 2.75) is 31.3 Å². The molecule has 0 heterocycles. The standard InChI is InChI=1S/C27H30ClN3O5S/c1-4-36-24-16-14-23(15-17-24)31(37(34,35)25-8-6-5-7-9-25)19-26(32)30(20(2)27(33)29-3)18-21-10-12-22(28)13-11-21/h5-17,20H,4,18-19H2,1-3H3,(H,29,33)/t20-/m0/s1. The second kappa shape index (κ2) is 12.6. The Morgan fingerprint density at radius 3 is 2.16 bits per heavy atom. The molecule has 0 spiro atoms. The molecule has 37 heavy (non-hydrogen) atoms. The Morgan fingerprint density at radius 1 is 0.973 bits per heavy atom. The van der Waals surface area contributed by atoms with Crippen molar-refractivity contribution in [2.24, 2.45) is 0 Å². The molecule has 0 radical (unpaired) electrons. The lowest BCUT2D eigenvalue weighted by Gasteiger charge is -2.31. The zero-order chi connectivity index (χ0) is 27.0. The Bertz CT molecular complexity index is 1300. The lowest BCUT2D eigenvalue weighted by Crippen LogP contribution is -2.50. The monoisotopic (exact) mass is 543 g/mol. The molecule has 3 rings (SSSR count). The van der Waals surface area contributed by atoms with Crippen molar-refractivity contribution < 1.29 is 22.7 Å². The van der Waals surface area contributed by atoms with Crippen LogP contribution < -0.4 is 14.4 Å². The van der Waals surface area contributed by atoms with Gasteiger partial charge in [-0.05, 0) is 67.9 Å². The van der Waals surface area contributed by atoms with Crippen molar-refractivity contribution >= 4 is 39.1 Å². The molecule has 0 saturated heterocycles. The van der Waals surface area contributed by atoms with Gasteiger partial charge in [0.1, 0.15) is 18.3 Å². The fourth-order valence-corrected chi connectivity index (χ4v) is 5.26. The number of ether oxygens (including phenoxy) is 1. The van der Waals surface area contributed by atoms with Crippen molar-refractivity contribution in [3.63, 3.8) is 0 Å². The number of nitrogens with one attached hydrogen (secondary N) is 1. The largest absolute Gasteiger partial charge is 0.494 e. The van der Waals surface area contributed by atoms with Crippen LogP contribution in [-0.4, -0.2) is 51.4 Å². The summed E-state index contributed by atoms with van der Waals surface area (Å²) >= 11 is 6.00. The van der Waals surface area contributed by atoms with Gasteiger partial charge in [-0.2, -0.15) is 0 Å². The fraction of sp³-hybridized carbons (Fsp3) is 0.259. The predicted octanol–water partition coefficient (Wildman–Crippen LogP) is 4.10. The van der Waals surface area contributed by atoms with Crippen LogP contribution in [0.2, 0.25) is 5.02 Å². The summed E-state index contributed by atoms with van der Waals surface area (Å²) < 4.78 is 33.9. The number of sulfonamides is 1. The maximum absolute atomic E-state index is 13.7. The third-order valence-electron chi connectivity index (χ3n) is 5.73. The topological polar surface area (TPSA) is 96.0 Å². The molecular formula is C27H30ClN3O5S. The first-order valence-electron chi connectivity index (χ1n) is 11.7. The summed E-state index contributed by atoms with van der Waals surface area (Å²) in [6.45, 7) is 3.48. The summed E-state index contributed by atoms with van der Waals surface area (Å²) in [7, 11) is -2.63. The first-order valence-corrected chi connectivity index (χ1v) is 13.5. The summed E-state index contributed by atoms with van der Waals surface area (Å²) in [5.74, 6) is -0.340. The van der Waals surface area contributed by atoms with Gasteiger partial charge in [-0.1, -0.05) is 41.9 Å². The second-order valence-corrected chi connectivity index (χ2v) is 10.5. The van der Waals surface area contributed by atoms with Crippen LogP contribution in [0.25, 0.3) is 0 Å². The van der Waals surface area contributed by atoms with Crippen LogP contribution >= 0.6 is 11.6 Å². The number of nitrogens with zero attached hydrogens (tertiary/aromatic N) is 2. The van der Waals surface area contributed by atoms with Gasteiger partial charge in [0.05, 0.1) is 17.2 Å².